The molecule has 0 atom stereocenters. The van der Waals surface area contributed by atoms with Crippen molar-refractivity contribution in [2.45, 2.75) is 27.3 Å². The van der Waals surface area contributed by atoms with E-state index in [2.05, 4.69) is 11.6 Å². The molecule has 0 aliphatic heterocycles. The number of nitrogens with one attached hydrogen (secondary N) is 1. The van der Waals surface area contributed by atoms with E-state index < -0.39 is 0 Å². The highest BCUT2D eigenvalue weighted by Crippen LogP contribution is 2.18. The lowest BCUT2D eigenvalue weighted by atomic mass is 10.1. The maximum absolute atomic E-state index is 12.8. The van der Waals surface area contributed by atoms with Crippen LogP contribution < -0.4 is 5.56 Å². The second kappa shape index (κ2) is 6.75. The van der Waals surface area contributed by atoms with Crippen LogP contribution in [0.5, 0.6) is 0 Å². The van der Waals surface area contributed by atoms with Crippen molar-refractivity contribution in [3.8, 4) is 0 Å². The summed E-state index contributed by atoms with van der Waals surface area (Å²) < 4.78 is 0. The summed E-state index contributed by atoms with van der Waals surface area (Å²) in [5.41, 5.74) is 1.32. The number of H-pyrrole nitrogens is 1. The molecule has 2 aromatic rings. The molecule has 0 saturated heterocycles. The maximum atomic E-state index is 12.8. The summed E-state index contributed by atoms with van der Waals surface area (Å²) in [6.45, 7) is 10.2. The average molecular weight is 316 g/mol. The number of hydrogen-bond acceptors (Lipinski definition) is 3. The van der Waals surface area contributed by atoms with Crippen LogP contribution in [-0.2, 0) is 6.54 Å². The van der Waals surface area contributed by atoms with E-state index in [-0.39, 0.29) is 17.0 Å². The first kappa shape index (κ1) is 16.2. The van der Waals surface area contributed by atoms with Crippen molar-refractivity contribution >= 4 is 17.2 Å². The van der Waals surface area contributed by atoms with Crippen LogP contribution in [0.4, 0.5) is 0 Å². The molecule has 0 radical (unpaired) electrons. The van der Waals surface area contributed by atoms with Crippen molar-refractivity contribution in [1.82, 2.24) is 9.88 Å². The highest BCUT2D eigenvalue weighted by atomic mass is 32.1. The summed E-state index contributed by atoms with van der Waals surface area (Å²) in [4.78, 5) is 31.5. The van der Waals surface area contributed by atoms with E-state index in [4.69, 9.17) is 0 Å². The van der Waals surface area contributed by atoms with Gasteiger partial charge >= 0.3 is 0 Å². The zero-order chi connectivity index (χ0) is 16.3. The Morgan fingerprint density at radius 2 is 2.09 bits per heavy atom. The summed E-state index contributed by atoms with van der Waals surface area (Å²) >= 11 is 1.65. The molecule has 22 heavy (non-hydrogen) atoms. The van der Waals surface area contributed by atoms with E-state index in [1.807, 2.05) is 25.1 Å². The van der Waals surface area contributed by atoms with Crippen LogP contribution in [0.1, 0.15) is 31.4 Å². The average Bonchev–Trinajstić information content (AvgIpc) is 2.82. The predicted molar refractivity (Wildman–Crippen MR) is 90.5 cm³/mol. The number of aryl methyl sites for hydroxylation is 3. The fourth-order valence-electron chi connectivity index (χ4n) is 2.41. The Morgan fingerprint density at radius 1 is 1.36 bits per heavy atom. The summed E-state index contributed by atoms with van der Waals surface area (Å²) in [6.07, 6.45) is 1.68. The molecule has 0 fully saturated rings. The number of hydrogen-bond donors (Lipinski definition) is 1. The minimum atomic E-state index is -0.334. The molecular weight excluding hydrogens is 296 g/mol. The van der Waals surface area contributed by atoms with Gasteiger partial charge in [-0.05, 0) is 44.5 Å². The van der Waals surface area contributed by atoms with Crippen LogP contribution in [0.3, 0.4) is 0 Å². The Morgan fingerprint density at radius 3 is 2.64 bits per heavy atom. The lowest BCUT2D eigenvalue weighted by Crippen LogP contribution is -2.35. The lowest BCUT2D eigenvalue weighted by Gasteiger charge is -2.21. The van der Waals surface area contributed by atoms with Gasteiger partial charge in [-0.15, -0.1) is 17.9 Å². The minimum absolute atomic E-state index is 0.209. The van der Waals surface area contributed by atoms with Crippen LogP contribution in [0, 0.1) is 20.8 Å². The van der Waals surface area contributed by atoms with Gasteiger partial charge in [0.2, 0.25) is 0 Å². The molecule has 0 unspecified atom stereocenters. The van der Waals surface area contributed by atoms with Crippen molar-refractivity contribution in [3.05, 3.63) is 67.8 Å². The number of aromatic nitrogens is 1. The first-order chi connectivity index (χ1) is 10.4. The van der Waals surface area contributed by atoms with Gasteiger partial charge in [-0.1, -0.05) is 6.08 Å². The van der Waals surface area contributed by atoms with E-state index in [1.54, 1.807) is 36.2 Å². The third kappa shape index (κ3) is 3.54. The Balaban J connectivity index is 2.34. The van der Waals surface area contributed by atoms with E-state index in [1.165, 1.54) is 4.88 Å². The van der Waals surface area contributed by atoms with Gasteiger partial charge in [0.05, 0.1) is 6.54 Å². The van der Waals surface area contributed by atoms with Gasteiger partial charge in [0, 0.05) is 22.0 Å². The normalized spacial score (nSPS) is 10.5. The second-order valence-electron chi connectivity index (χ2n) is 5.33. The number of thiophene rings is 1. The largest absolute Gasteiger partial charge is 0.330 e. The highest BCUT2D eigenvalue weighted by molar-refractivity contribution is 7.11. The van der Waals surface area contributed by atoms with Gasteiger partial charge < -0.3 is 9.88 Å². The van der Waals surface area contributed by atoms with Crippen molar-refractivity contribution in [1.29, 1.82) is 0 Å². The topological polar surface area (TPSA) is 53.2 Å². The number of pyridine rings is 1. The van der Waals surface area contributed by atoms with Gasteiger partial charge in [0.15, 0.2) is 0 Å². The summed E-state index contributed by atoms with van der Waals surface area (Å²) in [5, 5.41) is 0. The summed E-state index contributed by atoms with van der Waals surface area (Å²) in [6, 6.07) is 5.85. The van der Waals surface area contributed by atoms with E-state index in [0.717, 1.165) is 10.6 Å². The summed E-state index contributed by atoms with van der Waals surface area (Å²) in [5.74, 6) is -0.260. The fourth-order valence-corrected chi connectivity index (χ4v) is 3.32. The minimum Gasteiger partial charge on any atom is -0.330 e. The van der Waals surface area contributed by atoms with Gasteiger partial charge in [0.1, 0.15) is 5.56 Å². The lowest BCUT2D eigenvalue weighted by molar-refractivity contribution is 0.0761. The van der Waals surface area contributed by atoms with Crippen LogP contribution in [0.25, 0.3) is 0 Å². The van der Waals surface area contributed by atoms with Crippen LogP contribution in [-0.4, -0.2) is 22.3 Å². The molecule has 116 valence electrons. The number of amides is 1. The first-order valence-electron chi connectivity index (χ1n) is 7.08. The van der Waals surface area contributed by atoms with Crippen molar-refractivity contribution in [3.63, 3.8) is 0 Å². The smallest absolute Gasteiger partial charge is 0.261 e. The molecule has 0 bridgehead atoms. The molecule has 0 aliphatic carbocycles. The number of carbonyl (C=O) groups excluding carboxylic acids is 1. The predicted octanol–water partition coefficient (Wildman–Crippen LogP) is 3.19. The SMILES string of the molecule is C=CCN(Cc1ccc(C)s1)C(=O)c1c(C)cc(C)[nH]c1=O. The van der Waals surface area contributed by atoms with Crippen molar-refractivity contribution in [2.75, 3.05) is 6.54 Å². The maximum Gasteiger partial charge on any atom is 0.261 e. The zero-order valence-corrected chi connectivity index (χ0v) is 13.9. The third-order valence-corrected chi connectivity index (χ3v) is 4.34. The van der Waals surface area contributed by atoms with Gasteiger partial charge in [0.25, 0.3) is 11.5 Å². The van der Waals surface area contributed by atoms with E-state index in [0.29, 0.717) is 18.7 Å². The molecule has 0 aliphatic rings. The fraction of sp³-hybridized carbons (Fsp3) is 0.294. The Kier molecular flexibility index (Phi) is 4.98. The molecule has 1 N–H and O–H groups in total. The third-order valence-electron chi connectivity index (χ3n) is 3.36. The second-order valence-corrected chi connectivity index (χ2v) is 6.70. The van der Waals surface area contributed by atoms with E-state index in [9.17, 15) is 9.59 Å². The Bertz CT molecular complexity index is 758. The molecule has 1 amide bonds. The van der Waals surface area contributed by atoms with Crippen LogP contribution in [0.2, 0.25) is 0 Å². The van der Waals surface area contributed by atoms with Gasteiger partial charge in [-0.3, -0.25) is 9.59 Å². The standard InChI is InChI=1S/C17H20N2O2S/c1-5-8-19(10-14-7-6-13(4)22-14)17(21)15-11(2)9-12(3)18-16(15)20/h5-7,9H,1,8,10H2,2-4H3,(H,18,20). The number of rotatable bonds is 5. The van der Waals surface area contributed by atoms with Crippen LogP contribution >= 0.6 is 11.3 Å². The monoisotopic (exact) mass is 316 g/mol. The molecule has 2 aromatic heterocycles. The van der Waals surface area contributed by atoms with E-state index >= 15 is 0 Å². The Hall–Kier alpha value is -2.14. The van der Waals surface area contributed by atoms with Crippen LogP contribution in [0.15, 0.2) is 35.6 Å². The number of aromatic amines is 1. The molecule has 2 rings (SSSR count). The molecule has 0 saturated carbocycles. The first-order valence-corrected chi connectivity index (χ1v) is 7.90. The zero-order valence-electron chi connectivity index (χ0n) is 13.1. The highest BCUT2D eigenvalue weighted by Gasteiger charge is 2.21. The summed E-state index contributed by atoms with van der Waals surface area (Å²) in [7, 11) is 0. The van der Waals surface area contributed by atoms with Gasteiger partial charge in [-0.2, -0.15) is 0 Å². The number of carbonyl (C=O) groups is 1. The molecular formula is C17H20N2O2S. The molecule has 2 heterocycles. The van der Waals surface area contributed by atoms with Crippen molar-refractivity contribution < 1.29 is 4.79 Å². The van der Waals surface area contributed by atoms with Crippen molar-refractivity contribution in [2.24, 2.45) is 0 Å². The quantitative estimate of drug-likeness (QED) is 0.861. The molecule has 5 heteroatoms. The molecule has 0 spiro atoms. The Labute approximate surface area is 134 Å². The van der Waals surface area contributed by atoms with Gasteiger partial charge in [-0.25, -0.2) is 0 Å². The molecule has 4 nitrogen and oxygen atoms in total. The molecule has 0 aromatic carbocycles. The number of nitrogens with zero attached hydrogens (tertiary/aromatic N) is 1.